The highest BCUT2D eigenvalue weighted by atomic mass is 32.2. The van der Waals surface area contributed by atoms with Gasteiger partial charge in [-0.2, -0.15) is 16.8 Å². The van der Waals surface area contributed by atoms with Crippen LogP contribution >= 0.6 is 0 Å². The highest BCUT2D eigenvalue weighted by molar-refractivity contribution is 7.86. The van der Waals surface area contributed by atoms with Gasteiger partial charge in [-0.15, -0.1) is 6.58 Å². The lowest BCUT2D eigenvalue weighted by Crippen LogP contribution is -2.53. The molecule has 2 saturated heterocycles. The van der Waals surface area contributed by atoms with Gasteiger partial charge in [0.05, 0.1) is 43.0 Å². The fourth-order valence-corrected chi connectivity index (χ4v) is 10.4. The van der Waals surface area contributed by atoms with Crippen LogP contribution in [0.4, 0.5) is 9.59 Å². The van der Waals surface area contributed by atoms with Crippen molar-refractivity contribution in [2.45, 2.75) is 87.3 Å². The number of aromatic nitrogens is 4. The van der Waals surface area contributed by atoms with Gasteiger partial charge in [0.25, 0.3) is 20.2 Å². The first-order valence-corrected chi connectivity index (χ1v) is 26.1. The van der Waals surface area contributed by atoms with Gasteiger partial charge in [0, 0.05) is 30.4 Å². The molecule has 384 valence electrons. The van der Waals surface area contributed by atoms with Gasteiger partial charge in [-0.3, -0.25) is 23.6 Å². The van der Waals surface area contributed by atoms with Crippen LogP contribution in [-0.4, -0.2) is 129 Å². The van der Waals surface area contributed by atoms with Gasteiger partial charge in [0.15, 0.2) is 0 Å². The quantitative estimate of drug-likeness (QED) is 0.0313. The second kappa shape index (κ2) is 23.4. The van der Waals surface area contributed by atoms with E-state index in [-0.39, 0.29) is 53.1 Å². The summed E-state index contributed by atoms with van der Waals surface area (Å²) in [7, 11) is -7.65. The van der Waals surface area contributed by atoms with Crippen molar-refractivity contribution < 1.29 is 55.0 Å². The number of imidazole rings is 2. The maximum Gasteiger partial charge on any atom is 0.408 e. The first kappa shape index (κ1) is 54.2. The summed E-state index contributed by atoms with van der Waals surface area (Å²) < 4.78 is 67.4. The van der Waals surface area contributed by atoms with Crippen LogP contribution in [0.5, 0.6) is 0 Å². The number of nitrogens with zero attached hydrogens (tertiary/aromatic N) is 5. The highest BCUT2D eigenvalue weighted by Gasteiger charge is 2.41. The molecule has 7 rings (SSSR count). The molecule has 0 saturated carbocycles. The average molecular weight is 1030 g/mol. The molecule has 0 unspecified atom stereocenters. The van der Waals surface area contributed by atoms with Gasteiger partial charge in [0.1, 0.15) is 33.5 Å². The highest BCUT2D eigenvalue weighted by Crippen LogP contribution is 2.35. The number of likely N-dealkylation sites (tertiary alicyclic amines) is 2. The molecule has 0 radical (unpaired) electrons. The van der Waals surface area contributed by atoms with Crippen molar-refractivity contribution >= 4 is 67.2 Å². The average Bonchev–Trinajstić information content (AvgIpc) is 4.19. The molecule has 0 bridgehead atoms. The Balaban J connectivity index is 0.000000393. The van der Waals surface area contributed by atoms with E-state index in [1.54, 1.807) is 22.2 Å². The Morgan fingerprint density at radius 1 is 0.792 bits per heavy atom. The number of hydrogen-bond acceptors (Lipinski definition) is 11. The molecule has 4 amide bonds. The summed E-state index contributed by atoms with van der Waals surface area (Å²) in [6.45, 7) is 12.4. The number of fused-ring (bicyclic) bond motifs is 1. The molecule has 5 aromatic rings. The number of allylic oxidation sites excluding steroid dienone is 2. The van der Waals surface area contributed by atoms with Crippen molar-refractivity contribution in [1.82, 2.24) is 40.0 Å². The fourth-order valence-electron chi connectivity index (χ4n) is 8.97. The molecule has 22 heteroatoms. The number of ether oxygens (including phenoxy) is 1. The summed E-state index contributed by atoms with van der Waals surface area (Å²) in [5.74, 6) is 0.717. The Bertz CT molecular complexity index is 2990. The third-order valence-electron chi connectivity index (χ3n) is 12.4. The molecule has 2 aliphatic heterocycles. The first-order chi connectivity index (χ1) is 34.1. The number of H-pyrrole nitrogens is 2. The van der Waals surface area contributed by atoms with Gasteiger partial charge < -0.3 is 34.9 Å². The molecule has 6 N–H and O–H groups in total. The van der Waals surface area contributed by atoms with Gasteiger partial charge in [-0.1, -0.05) is 101 Å². The van der Waals surface area contributed by atoms with E-state index < -0.39 is 54.3 Å². The predicted molar refractivity (Wildman–Crippen MR) is 269 cm³/mol. The van der Waals surface area contributed by atoms with Crippen molar-refractivity contribution in [3.8, 4) is 11.3 Å². The number of rotatable bonds is 16. The Hall–Kier alpha value is -7.14. The zero-order valence-electron chi connectivity index (χ0n) is 40.5. The molecule has 0 spiro atoms. The van der Waals surface area contributed by atoms with Gasteiger partial charge in [-0.05, 0) is 66.9 Å². The number of carbonyl (C=O) groups is 4. The van der Waals surface area contributed by atoms with Crippen molar-refractivity contribution in [3.05, 3.63) is 121 Å². The molecule has 2 fully saturated rings. The minimum atomic E-state index is -4.47. The van der Waals surface area contributed by atoms with Crippen LogP contribution < -0.4 is 5.32 Å². The molecule has 2 aliphatic rings. The van der Waals surface area contributed by atoms with Crippen LogP contribution in [0, 0.1) is 11.8 Å². The second-order valence-corrected chi connectivity index (χ2v) is 20.7. The van der Waals surface area contributed by atoms with E-state index in [4.69, 9.17) is 13.8 Å². The largest absolute Gasteiger partial charge is 0.465 e. The van der Waals surface area contributed by atoms with E-state index >= 15 is 0 Å². The number of hydrogen-bond donors (Lipinski definition) is 6. The lowest BCUT2D eigenvalue weighted by Gasteiger charge is -2.35. The molecule has 3 aromatic carbocycles. The number of carboxylic acid groups (broad SMARTS) is 1. The van der Waals surface area contributed by atoms with Gasteiger partial charge in [-0.25, -0.2) is 19.6 Å². The van der Waals surface area contributed by atoms with Crippen molar-refractivity contribution in [1.29, 1.82) is 0 Å². The van der Waals surface area contributed by atoms with Crippen LogP contribution in [0.2, 0.25) is 0 Å². The maximum atomic E-state index is 13.8. The van der Waals surface area contributed by atoms with Crippen molar-refractivity contribution in [2.75, 3.05) is 26.7 Å². The van der Waals surface area contributed by atoms with Crippen LogP contribution in [0.1, 0.15) is 88.4 Å². The van der Waals surface area contributed by atoms with Crippen molar-refractivity contribution in [2.24, 2.45) is 11.8 Å². The standard InChI is InChI=1S/C40H52N8O6.C10H8O6S2/c1-7-20-48(40(52)53)34(26(4)5)38(50)47-22-11-15-32(47)36-42-24-30(44-36)28-18-16-27(17-19-28)12-8-9-13-29-23-41-35(43-29)31-14-10-21-46(31)37(49)33(25(2)3)45-39(51)54-6;11-17(12,13)9-5-1-3-7-8(9)4-2-6-10(7)18(14,15)16/h7-9,12-13,16-19,23-26,31-34H,1,10-11,14-15,20-22H2,2-6H3,(H,41,43)(H,42,44)(H,45,51)(H,52,53);1-6H,(H,11,12,13)(H,14,15,16)/t31-,32-,33-,34-;/m0./s1. The summed E-state index contributed by atoms with van der Waals surface area (Å²) in [6, 6.07) is 13.6. The van der Waals surface area contributed by atoms with Gasteiger partial charge in [0.2, 0.25) is 11.8 Å². The molecule has 0 aliphatic carbocycles. The number of alkyl carbamates (subject to hydrolysis) is 1. The van der Waals surface area contributed by atoms with E-state index in [0.29, 0.717) is 24.7 Å². The summed E-state index contributed by atoms with van der Waals surface area (Å²) in [5, 5.41) is 12.5. The Morgan fingerprint density at radius 3 is 1.85 bits per heavy atom. The zero-order valence-corrected chi connectivity index (χ0v) is 42.1. The van der Waals surface area contributed by atoms with E-state index in [1.807, 2.05) is 76.3 Å². The molecule has 4 heterocycles. The molecular formula is C50H60N8O12S2. The summed E-state index contributed by atoms with van der Waals surface area (Å²) >= 11 is 0. The summed E-state index contributed by atoms with van der Waals surface area (Å²) in [6.07, 6.45) is 14.2. The Labute approximate surface area is 418 Å². The van der Waals surface area contributed by atoms with E-state index in [2.05, 4.69) is 31.8 Å². The summed E-state index contributed by atoms with van der Waals surface area (Å²) in [4.78, 5) is 70.9. The second-order valence-electron chi connectivity index (χ2n) is 18.0. The van der Waals surface area contributed by atoms with E-state index in [9.17, 15) is 41.1 Å². The fraction of sp³-hybridized carbons (Fsp3) is 0.360. The minimum absolute atomic E-state index is 0.0233. The Morgan fingerprint density at radius 2 is 1.33 bits per heavy atom. The lowest BCUT2D eigenvalue weighted by molar-refractivity contribution is -0.139. The van der Waals surface area contributed by atoms with Crippen molar-refractivity contribution in [3.63, 3.8) is 0 Å². The van der Waals surface area contributed by atoms with Crippen LogP contribution in [0.15, 0.2) is 108 Å². The third-order valence-corrected chi connectivity index (χ3v) is 14.2. The van der Waals surface area contributed by atoms with Crippen LogP contribution in [0.3, 0.4) is 0 Å². The number of benzene rings is 3. The first-order valence-electron chi connectivity index (χ1n) is 23.2. The van der Waals surface area contributed by atoms with E-state index in [1.165, 1.54) is 37.5 Å². The molecule has 4 atom stereocenters. The lowest BCUT2D eigenvalue weighted by atomic mass is 10.0. The molecule has 2 aromatic heterocycles. The number of nitrogens with one attached hydrogen (secondary N) is 3. The van der Waals surface area contributed by atoms with E-state index in [0.717, 1.165) is 65.2 Å². The third kappa shape index (κ3) is 12.8. The number of methoxy groups -OCH3 is 1. The Kier molecular flexibility index (Phi) is 17.6. The number of amides is 4. The normalized spacial score (nSPS) is 17.1. The topological polar surface area (TPSA) is 286 Å². The molecule has 72 heavy (non-hydrogen) atoms. The summed E-state index contributed by atoms with van der Waals surface area (Å²) in [5.41, 5.74) is 3.59. The van der Waals surface area contributed by atoms with Gasteiger partial charge >= 0.3 is 12.2 Å². The minimum Gasteiger partial charge on any atom is -0.465 e. The molecular weight excluding hydrogens is 969 g/mol. The number of aromatic amines is 2. The number of carbonyl (C=O) groups excluding carboxylic acids is 3. The monoisotopic (exact) mass is 1030 g/mol. The smallest absolute Gasteiger partial charge is 0.408 e. The zero-order chi connectivity index (χ0) is 52.5. The SMILES string of the molecule is C=CCN(C(=O)O)[C@H](C(=O)N1CCC[C@H]1c1ncc(-c2ccc(C=CC=Cc3cnc([C@@H]4CCCN4C(=O)[C@@H](NC(=O)OC)C(C)C)[nH]3)cc2)[nH]1)C(C)C.O=S(=O)(O)c1cccc2c(S(=O)(=O)O)cccc12. The van der Waals surface area contributed by atoms with Crippen LogP contribution in [0.25, 0.3) is 34.2 Å². The predicted octanol–water partition coefficient (Wildman–Crippen LogP) is 7.76. The van der Waals surface area contributed by atoms with Crippen LogP contribution in [-0.2, 0) is 34.6 Å². The maximum absolute atomic E-state index is 13.8. The molecule has 20 nitrogen and oxygen atoms in total.